The molecule has 2 aromatic heterocycles. The first-order chi connectivity index (χ1) is 14.1. The highest BCUT2D eigenvalue weighted by molar-refractivity contribution is 5.76. The van der Waals surface area contributed by atoms with Gasteiger partial charge in [-0.05, 0) is 25.2 Å². The van der Waals surface area contributed by atoms with Gasteiger partial charge >= 0.3 is 0 Å². The van der Waals surface area contributed by atoms with Crippen molar-refractivity contribution in [2.45, 2.75) is 6.54 Å². The number of rotatable bonds is 4. The van der Waals surface area contributed by atoms with E-state index in [4.69, 9.17) is 0 Å². The van der Waals surface area contributed by atoms with Gasteiger partial charge in [0, 0.05) is 64.6 Å². The highest BCUT2D eigenvalue weighted by Crippen LogP contribution is 2.17. The van der Waals surface area contributed by atoms with Crippen LogP contribution in [0.15, 0.2) is 35.3 Å². The van der Waals surface area contributed by atoms with Crippen LogP contribution in [-0.4, -0.2) is 95.1 Å². The fourth-order valence-corrected chi connectivity index (χ4v) is 3.61. The van der Waals surface area contributed by atoms with Crippen LogP contribution in [0.5, 0.6) is 0 Å². The maximum absolute atomic E-state index is 12.5. The van der Waals surface area contributed by atoms with E-state index in [9.17, 15) is 9.59 Å². The third-order valence-electron chi connectivity index (χ3n) is 5.49. The molecule has 0 atom stereocenters. The molecular weight excluding hydrogens is 372 g/mol. The van der Waals surface area contributed by atoms with Crippen LogP contribution in [0.2, 0.25) is 0 Å². The molecule has 2 aliphatic heterocycles. The Balaban J connectivity index is 1.30. The first-order valence-electron chi connectivity index (χ1n) is 9.92. The minimum Gasteiger partial charge on any atom is -0.353 e. The minimum atomic E-state index is -0.268. The Morgan fingerprint density at radius 1 is 0.897 bits per heavy atom. The van der Waals surface area contributed by atoms with Gasteiger partial charge in [-0.3, -0.25) is 9.59 Å². The Labute approximate surface area is 169 Å². The van der Waals surface area contributed by atoms with Crippen LogP contribution in [0.25, 0.3) is 0 Å². The quantitative estimate of drug-likeness (QED) is 0.657. The molecule has 2 fully saturated rings. The monoisotopic (exact) mass is 398 g/mol. The lowest BCUT2D eigenvalue weighted by Crippen LogP contribution is -2.50. The number of carbonyl (C=O) groups excluding carboxylic acids is 1. The molecule has 154 valence electrons. The molecule has 0 radical (unpaired) electrons. The molecule has 2 saturated heterocycles. The number of hydrogen-bond acceptors (Lipinski definition) is 8. The van der Waals surface area contributed by atoms with Crippen molar-refractivity contribution in [1.29, 1.82) is 0 Å². The van der Waals surface area contributed by atoms with Crippen LogP contribution < -0.4 is 15.4 Å². The summed E-state index contributed by atoms with van der Waals surface area (Å²) in [6.45, 7) is 6.50. The fourth-order valence-electron chi connectivity index (χ4n) is 3.61. The Hall–Kier alpha value is -3.01. The summed E-state index contributed by atoms with van der Waals surface area (Å²) >= 11 is 0. The maximum Gasteiger partial charge on any atom is 0.267 e. The second-order valence-corrected chi connectivity index (χ2v) is 7.43. The largest absolute Gasteiger partial charge is 0.353 e. The predicted molar refractivity (Wildman–Crippen MR) is 109 cm³/mol. The Morgan fingerprint density at radius 2 is 1.48 bits per heavy atom. The number of likely N-dealkylation sites (N-methyl/N-ethyl adjacent to an activating group) is 1. The van der Waals surface area contributed by atoms with E-state index in [1.165, 1.54) is 16.9 Å². The van der Waals surface area contributed by atoms with Gasteiger partial charge in [0.2, 0.25) is 5.91 Å². The lowest BCUT2D eigenvalue weighted by molar-refractivity contribution is -0.132. The molecule has 0 aliphatic carbocycles. The van der Waals surface area contributed by atoms with Crippen molar-refractivity contribution in [3.8, 4) is 0 Å². The zero-order valence-electron chi connectivity index (χ0n) is 16.6. The van der Waals surface area contributed by atoms with Crippen LogP contribution >= 0.6 is 0 Å². The van der Waals surface area contributed by atoms with E-state index in [0.717, 1.165) is 37.8 Å². The van der Waals surface area contributed by atoms with E-state index < -0.39 is 0 Å². The highest BCUT2D eigenvalue weighted by atomic mass is 16.2. The van der Waals surface area contributed by atoms with Crippen molar-refractivity contribution in [3.63, 3.8) is 0 Å². The summed E-state index contributed by atoms with van der Waals surface area (Å²) in [5.74, 6) is 1.65. The van der Waals surface area contributed by atoms with Crippen molar-refractivity contribution in [3.05, 3.63) is 40.8 Å². The molecule has 4 rings (SSSR count). The standard InChI is InChI=1S/C19H26N8O2/c1-23-7-9-24(10-8-23)16-4-5-17(22-21-16)25-11-13-26(14-12-25)19(29)15-27-18(28)3-2-6-20-27/h2-6H,7-15H2,1H3. The van der Waals surface area contributed by atoms with Crippen molar-refractivity contribution < 1.29 is 4.79 Å². The van der Waals surface area contributed by atoms with E-state index in [-0.39, 0.29) is 18.0 Å². The number of nitrogens with zero attached hydrogens (tertiary/aromatic N) is 8. The van der Waals surface area contributed by atoms with Gasteiger partial charge in [0.1, 0.15) is 6.54 Å². The first-order valence-corrected chi connectivity index (χ1v) is 9.92. The molecule has 4 heterocycles. The fraction of sp³-hybridized carbons (Fsp3) is 0.526. The Kier molecular flexibility index (Phi) is 5.70. The van der Waals surface area contributed by atoms with Crippen molar-refractivity contribution in [1.82, 2.24) is 29.8 Å². The third kappa shape index (κ3) is 4.53. The first kappa shape index (κ1) is 19.3. The van der Waals surface area contributed by atoms with Crippen LogP contribution in [0, 0.1) is 0 Å². The molecule has 0 unspecified atom stereocenters. The van der Waals surface area contributed by atoms with Crippen molar-refractivity contribution in [2.24, 2.45) is 0 Å². The molecule has 2 aromatic rings. The molecule has 1 amide bonds. The molecule has 10 heteroatoms. The number of aromatic nitrogens is 4. The minimum absolute atomic E-state index is 0.0286. The molecule has 2 aliphatic rings. The Bertz CT molecular complexity index is 884. The summed E-state index contributed by atoms with van der Waals surface area (Å²) in [5, 5.41) is 12.8. The van der Waals surface area contributed by atoms with Gasteiger partial charge in [0.15, 0.2) is 11.6 Å². The van der Waals surface area contributed by atoms with Gasteiger partial charge in [0.25, 0.3) is 5.56 Å². The number of carbonyl (C=O) groups is 1. The summed E-state index contributed by atoms with van der Waals surface area (Å²) < 4.78 is 1.19. The molecule has 0 bridgehead atoms. The van der Waals surface area contributed by atoms with Crippen molar-refractivity contribution >= 4 is 17.5 Å². The van der Waals surface area contributed by atoms with Gasteiger partial charge in [-0.1, -0.05) is 0 Å². The summed E-state index contributed by atoms with van der Waals surface area (Å²) in [6, 6.07) is 7.01. The highest BCUT2D eigenvalue weighted by Gasteiger charge is 2.23. The average Bonchev–Trinajstić information content (AvgIpc) is 2.76. The Morgan fingerprint density at radius 3 is 2.03 bits per heavy atom. The molecule has 0 spiro atoms. The van der Waals surface area contributed by atoms with Gasteiger partial charge in [-0.2, -0.15) is 5.10 Å². The molecular formula is C19H26N8O2. The number of anilines is 2. The second-order valence-electron chi connectivity index (χ2n) is 7.43. The SMILES string of the molecule is CN1CCN(c2ccc(N3CCN(C(=O)Cn4ncccc4=O)CC3)nn2)CC1. The summed E-state index contributed by atoms with van der Waals surface area (Å²) in [5.41, 5.74) is -0.268. The maximum atomic E-state index is 12.5. The summed E-state index contributed by atoms with van der Waals surface area (Å²) in [6.07, 6.45) is 1.51. The predicted octanol–water partition coefficient (Wildman–Crippen LogP) is -0.866. The van der Waals surface area contributed by atoms with Gasteiger partial charge in [0.05, 0.1) is 0 Å². The normalized spacial score (nSPS) is 18.2. The second kappa shape index (κ2) is 8.56. The van der Waals surface area contributed by atoms with E-state index in [1.54, 1.807) is 11.0 Å². The zero-order chi connectivity index (χ0) is 20.2. The third-order valence-corrected chi connectivity index (χ3v) is 5.49. The van der Waals surface area contributed by atoms with Gasteiger partial charge < -0.3 is 19.6 Å². The van der Waals surface area contributed by atoms with E-state index >= 15 is 0 Å². The topological polar surface area (TPSA) is 90.7 Å². The molecule has 29 heavy (non-hydrogen) atoms. The molecule has 0 aromatic carbocycles. The lowest BCUT2D eigenvalue weighted by atomic mass is 10.3. The summed E-state index contributed by atoms with van der Waals surface area (Å²) in [4.78, 5) is 32.7. The van der Waals surface area contributed by atoms with Crippen LogP contribution in [0.3, 0.4) is 0 Å². The molecule has 0 saturated carbocycles. The van der Waals surface area contributed by atoms with Crippen LogP contribution in [0.4, 0.5) is 11.6 Å². The number of piperazine rings is 2. The van der Waals surface area contributed by atoms with E-state index in [1.807, 2.05) is 12.1 Å². The average molecular weight is 398 g/mol. The molecule has 10 nitrogen and oxygen atoms in total. The van der Waals surface area contributed by atoms with Crippen LogP contribution in [-0.2, 0) is 11.3 Å². The van der Waals surface area contributed by atoms with Gasteiger partial charge in [-0.15, -0.1) is 10.2 Å². The van der Waals surface area contributed by atoms with Gasteiger partial charge in [-0.25, -0.2) is 4.68 Å². The number of hydrogen-bond donors (Lipinski definition) is 0. The number of amides is 1. The molecule has 0 N–H and O–H groups in total. The summed E-state index contributed by atoms with van der Waals surface area (Å²) in [7, 11) is 2.13. The van der Waals surface area contributed by atoms with Crippen molar-refractivity contribution in [2.75, 3.05) is 69.2 Å². The lowest BCUT2D eigenvalue weighted by Gasteiger charge is -2.35. The zero-order valence-corrected chi connectivity index (χ0v) is 16.6. The van der Waals surface area contributed by atoms with E-state index in [0.29, 0.717) is 26.2 Å². The van der Waals surface area contributed by atoms with E-state index in [2.05, 4.69) is 37.0 Å². The smallest absolute Gasteiger partial charge is 0.267 e. The van der Waals surface area contributed by atoms with Crippen LogP contribution in [0.1, 0.15) is 0 Å².